The molecule has 0 radical (unpaired) electrons. The monoisotopic (exact) mass is 274 g/mol. The summed E-state index contributed by atoms with van der Waals surface area (Å²) in [6, 6.07) is 9.12. The Bertz CT molecular complexity index is 406. The molecule has 0 heterocycles. The fraction of sp³-hybridized carbons (Fsp3) is 0.462. The van der Waals surface area contributed by atoms with E-state index in [0.29, 0.717) is 11.4 Å². The first-order valence-corrected chi connectivity index (χ1v) is 5.94. The number of carbonyl (C=O) groups excluding carboxylic acids is 1. The second-order valence-corrected chi connectivity index (χ2v) is 4.21. The van der Waals surface area contributed by atoms with E-state index < -0.39 is 18.6 Å². The molecule has 0 aliphatic carbocycles. The van der Waals surface area contributed by atoms with Crippen LogP contribution in [0.2, 0.25) is 0 Å². The number of halogens is 3. The molecule has 0 saturated carbocycles. The molecule has 1 aromatic carbocycles. The molecule has 0 atom stereocenters. The van der Waals surface area contributed by atoms with Crippen LogP contribution in [0.1, 0.15) is 6.92 Å². The minimum absolute atomic E-state index is 0.0624. The lowest BCUT2D eigenvalue weighted by atomic mass is 10.3. The molecule has 0 bridgehead atoms. The quantitative estimate of drug-likeness (QED) is 0.823. The van der Waals surface area contributed by atoms with Crippen LogP contribution in [0.4, 0.5) is 18.9 Å². The third-order valence-electron chi connectivity index (χ3n) is 2.67. The fourth-order valence-corrected chi connectivity index (χ4v) is 1.67. The second-order valence-electron chi connectivity index (χ2n) is 4.21. The van der Waals surface area contributed by atoms with Gasteiger partial charge in [-0.2, -0.15) is 13.2 Å². The number of para-hydroxylation sites is 1. The highest BCUT2D eigenvalue weighted by molar-refractivity contribution is 5.81. The summed E-state index contributed by atoms with van der Waals surface area (Å²) in [4.78, 5) is 14.2. The highest BCUT2D eigenvalue weighted by Crippen LogP contribution is 2.17. The maximum atomic E-state index is 12.2. The summed E-state index contributed by atoms with van der Waals surface area (Å²) in [5.74, 6) is -0.553. The van der Waals surface area contributed by atoms with E-state index in [0.717, 1.165) is 12.7 Å². The van der Waals surface area contributed by atoms with Gasteiger partial charge >= 0.3 is 6.18 Å². The van der Waals surface area contributed by atoms with Gasteiger partial charge in [-0.15, -0.1) is 0 Å². The number of alkyl halides is 3. The molecule has 106 valence electrons. The van der Waals surface area contributed by atoms with Crippen molar-refractivity contribution in [3.63, 3.8) is 0 Å². The molecule has 0 aliphatic heterocycles. The molecule has 0 saturated heterocycles. The average Bonchev–Trinajstić information content (AvgIpc) is 2.34. The first-order valence-electron chi connectivity index (χ1n) is 5.94. The van der Waals surface area contributed by atoms with Crippen molar-refractivity contribution in [2.75, 3.05) is 31.6 Å². The van der Waals surface area contributed by atoms with E-state index >= 15 is 0 Å². The van der Waals surface area contributed by atoms with Crippen molar-refractivity contribution in [1.29, 1.82) is 0 Å². The van der Waals surface area contributed by atoms with Gasteiger partial charge in [-0.25, -0.2) is 0 Å². The van der Waals surface area contributed by atoms with Gasteiger partial charge in [0.25, 0.3) is 0 Å². The first kappa shape index (κ1) is 15.3. The van der Waals surface area contributed by atoms with Crippen LogP contribution in [0.5, 0.6) is 0 Å². The summed E-state index contributed by atoms with van der Waals surface area (Å²) in [7, 11) is 1.16. The number of benzene rings is 1. The van der Waals surface area contributed by atoms with E-state index in [9.17, 15) is 18.0 Å². The number of amides is 1. The van der Waals surface area contributed by atoms with Crippen LogP contribution in [-0.2, 0) is 4.79 Å². The minimum atomic E-state index is -4.37. The van der Waals surface area contributed by atoms with Crippen LogP contribution in [0.25, 0.3) is 0 Å². The molecule has 3 nitrogen and oxygen atoms in total. The van der Waals surface area contributed by atoms with Crippen molar-refractivity contribution in [3.05, 3.63) is 30.3 Å². The number of hydrogen-bond donors (Lipinski definition) is 0. The zero-order valence-corrected chi connectivity index (χ0v) is 10.9. The van der Waals surface area contributed by atoms with Crippen LogP contribution in [0.3, 0.4) is 0 Å². The second kappa shape index (κ2) is 6.45. The molecule has 0 fully saturated rings. The van der Waals surface area contributed by atoms with Crippen molar-refractivity contribution in [2.24, 2.45) is 0 Å². The molecule has 1 aromatic rings. The lowest BCUT2D eigenvalue weighted by Crippen LogP contribution is -2.42. The van der Waals surface area contributed by atoms with Gasteiger partial charge < -0.3 is 9.80 Å². The van der Waals surface area contributed by atoms with Gasteiger partial charge in [0, 0.05) is 19.3 Å². The largest absolute Gasteiger partial charge is 0.406 e. The number of hydrogen-bond acceptors (Lipinski definition) is 2. The van der Waals surface area contributed by atoms with Crippen LogP contribution in [0.15, 0.2) is 30.3 Å². The topological polar surface area (TPSA) is 23.6 Å². The van der Waals surface area contributed by atoms with Gasteiger partial charge in [-0.05, 0) is 19.1 Å². The van der Waals surface area contributed by atoms with E-state index in [4.69, 9.17) is 0 Å². The fourth-order valence-electron chi connectivity index (χ4n) is 1.67. The lowest BCUT2D eigenvalue weighted by Gasteiger charge is -2.26. The zero-order valence-electron chi connectivity index (χ0n) is 10.9. The molecule has 0 N–H and O–H groups in total. The molecular weight excluding hydrogens is 257 g/mol. The van der Waals surface area contributed by atoms with Gasteiger partial charge in [0.2, 0.25) is 5.91 Å². The summed E-state index contributed by atoms with van der Waals surface area (Å²) in [6.45, 7) is 1.12. The van der Waals surface area contributed by atoms with Crippen LogP contribution < -0.4 is 4.90 Å². The summed E-state index contributed by atoms with van der Waals surface area (Å²) in [5, 5.41) is 0. The summed E-state index contributed by atoms with van der Waals surface area (Å²) >= 11 is 0. The van der Waals surface area contributed by atoms with Gasteiger partial charge in [0.1, 0.15) is 6.54 Å². The lowest BCUT2D eigenvalue weighted by molar-refractivity contribution is -0.157. The SMILES string of the molecule is CCN(CC(=O)N(C)CC(F)(F)F)c1ccccc1. The summed E-state index contributed by atoms with van der Waals surface area (Å²) in [6.07, 6.45) is -4.37. The van der Waals surface area contributed by atoms with E-state index in [2.05, 4.69) is 0 Å². The average molecular weight is 274 g/mol. The van der Waals surface area contributed by atoms with Crippen LogP contribution in [0, 0.1) is 0 Å². The van der Waals surface area contributed by atoms with Crippen molar-refractivity contribution >= 4 is 11.6 Å². The van der Waals surface area contributed by atoms with Gasteiger partial charge in [-0.1, -0.05) is 18.2 Å². The van der Waals surface area contributed by atoms with Crippen LogP contribution >= 0.6 is 0 Å². The zero-order chi connectivity index (χ0) is 14.5. The number of anilines is 1. The maximum absolute atomic E-state index is 12.2. The van der Waals surface area contributed by atoms with E-state index in [1.54, 1.807) is 4.90 Å². The van der Waals surface area contributed by atoms with Gasteiger partial charge in [0.15, 0.2) is 0 Å². The Kier molecular flexibility index (Phi) is 5.20. The van der Waals surface area contributed by atoms with E-state index in [1.807, 2.05) is 37.3 Å². The predicted octanol–water partition coefficient (Wildman–Crippen LogP) is 2.53. The van der Waals surface area contributed by atoms with Gasteiger partial charge in [-0.3, -0.25) is 4.79 Å². The first-order chi connectivity index (χ1) is 8.83. The van der Waals surface area contributed by atoms with Crippen molar-refractivity contribution < 1.29 is 18.0 Å². The molecule has 0 aliphatic rings. The third-order valence-corrected chi connectivity index (χ3v) is 2.67. The maximum Gasteiger partial charge on any atom is 0.406 e. The molecule has 6 heteroatoms. The molecule has 0 spiro atoms. The highest BCUT2D eigenvalue weighted by atomic mass is 19.4. The standard InChI is InChI=1S/C13H17F3N2O/c1-3-18(11-7-5-4-6-8-11)9-12(19)17(2)10-13(14,15)16/h4-8H,3,9-10H2,1-2H3. The van der Waals surface area contributed by atoms with Crippen molar-refractivity contribution in [2.45, 2.75) is 13.1 Å². The van der Waals surface area contributed by atoms with E-state index in [1.165, 1.54) is 0 Å². The summed E-state index contributed by atoms with van der Waals surface area (Å²) < 4.78 is 36.6. The highest BCUT2D eigenvalue weighted by Gasteiger charge is 2.31. The molecule has 1 rings (SSSR count). The third kappa shape index (κ3) is 5.19. The molecule has 0 unspecified atom stereocenters. The molecular formula is C13H17F3N2O. The molecule has 0 aromatic heterocycles. The molecule has 19 heavy (non-hydrogen) atoms. The predicted molar refractivity (Wildman–Crippen MR) is 68.0 cm³/mol. The Hall–Kier alpha value is -1.72. The van der Waals surface area contributed by atoms with E-state index in [-0.39, 0.29) is 6.54 Å². The number of likely N-dealkylation sites (N-methyl/N-ethyl adjacent to an activating group) is 2. The number of carbonyl (C=O) groups is 1. The number of rotatable bonds is 5. The van der Waals surface area contributed by atoms with Crippen molar-refractivity contribution in [3.8, 4) is 0 Å². The van der Waals surface area contributed by atoms with Gasteiger partial charge in [0.05, 0.1) is 6.54 Å². The Morgan fingerprint density at radius 1 is 1.21 bits per heavy atom. The summed E-state index contributed by atoms with van der Waals surface area (Å²) in [5.41, 5.74) is 0.818. The van der Waals surface area contributed by atoms with Crippen LogP contribution in [-0.4, -0.2) is 43.7 Å². The number of nitrogens with zero attached hydrogens (tertiary/aromatic N) is 2. The Balaban J connectivity index is 2.64. The smallest absolute Gasteiger partial charge is 0.362 e. The normalized spacial score (nSPS) is 11.2. The Morgan fingerprint density at radius 2 is 1.79 bits per heavy atom. The van der Waals surface area contributed by atoms with Crippen molar-refractivity contribution in [1.82, 2.24) is 4.90 Å². The Labute approximate surface area is 110 Å². The molecule has 1 amide bonds. The Morgan fingerprint density at radius 3 is 2.26 bits per heavy atom. The minimum Gasteiger partial charge on any atom is -0.362 e.